The Balaban J connectivity index is 1.83. The molecule has 1 aromatic heterocycles. The Kier molecular flexibility index (Phi) is 4.56. The number of benzene rings is 1. The van der Waals surface area contributed by atoms with E-state index in [0.29, 0.717) is 6.54 Å². The zero-order valence-corrected chi connectivity index (χ0v) is 13.2. The van der Waals surface area contributed by atoms with Crippen LogP contribution in [0.3, 0.4) is 0 Å². The Bertz CT molecular complexity index is 609. The van der Waals surface area contributed by atoms with Gasteiger partial charge in [0.15, 0.2) is 0 Å². The van der Waals surface area contributed by atoms with E-state index in [4.69, 9.17) is 0 Å². The molecule has 112 valence electrons. The second kappa shape index (κ2) is 6.58. The maximum Gasteiger partial charge on any atom is 0.129 e. The zero-order valence-electron chi connectivity index (χ0n) is 12.4. The van der Waals surface area contributed by atoms with Crippen LogP contribution in [0.2, 0.25) is 0 Å². The van der Waals surface area contributed by atoms with Crippen LogP contribution in [0.15, 0.2) is 29.6 Å². The molecule has 0 saturated heterocycles. The molecule has 2 aromatic rings. The number of anilines is 1. The van der Waals surface area contributed by atoms with E-state index in [1.807, 2.05) is 23.5 Å². The van der Waals surface area contributed by atoms with Gasteiger partial charge in [-0.3, -0.25) is 0 Å². The molecule has 3 rings (SSSR count). The molecule has 4 heteroatoms. The van der Waals surface area contributed by atoms with Crippen molar-refractivity contribution in [3.8, 4) is 0 Å². The highest BCUT2D eigenvalue weighted by Crippen LogP contribution is 2.30. The highest BCUT2D eigenvalue weighted by molar-refractivity contribution is 7.10. The molecular weight excluding hydrogens is 283 g/mol. The van der Waals surface area contributed by atoms with Crippen LogP contribution >= 0.6 is 11.3 Å². The quantitative estimate of drug-likeness (QED) is 0.842. The van der Waals surface area contributed by atoms with E-state index in [9.17, 15) is 4.39 Å². The first kappa shape index (κ1) is 14.5. The number of hydrogen-bond acceptors (Lipinski definition) is 3. The molecule has 0 atom stereocenters. The smallest absolute Gasteiger partial charge is 0.129 e. The second-order valence-corrected chi connectivity index (χ2v) is 6.46. The van der Waals surface area contributed by atoms with E-state index in [1.165, 1.54) is 10.4 Å². The summed E-state index contributed by atoms with van der Waals surface area (Å²) in [5, 5.41) is 5.48. The van der Waals surface area contributed by atoms with E-state index < -0.39 is 0 Å². The van der Waals surface area contributed by atoms with Crippen LogP contribution in [0.25, 0.3) is 0 Å². The predicted molar refractivity (Wildman–Crippen MR) is 87.5 cm³/mol. The van der Waals surface area contributed by atoms with Crippen molar-refractivity contribution >= 4 is 17.0 Å². The average Bonchev–Trinajstić information content (AvgIpc) is 2.96. The van der Waals surface area contributed by atoms with Gasteiger partial charge in [0.2, 0.25) is 0 Å². The van der Waals surface area contributed by atoms with Gasteiger partial charge in [-0.05, 0) is 48.5 Å². The van der Waals surface area contributed by atoms with E-state index in [-0.39, 0.29) is 5.82 Å². The van der Waals surface area contributed by atoms with Crippen LogP contribution in [0.5, 0.6) is 0 Å². The van der Waals surface area contributed by atoms with Gasteiger partial charge in [-0.1, -0.05) is 13.0 Å². The third-order valence-electron chi connectivity index (χ3n) is 3.97. The molecule has 0 fully saturated rings. The van der Waals surface area contributed by atoms with Gasteiger partial charge in [0.05, 0.1) is 0 Å². The Morgan fingerprint density at radius 3 is 3.10 bits per heavy atom. The fraction of sp³-hybridized carbons (Fsp3) is 0.412. The molecule has 1 aliphatic heterocycles. The third-order valence-corrected chi connectivity index (χ3v) is 4.99. The van der Waals surface area contributed by atoms with Gasteiger partial charge in [0.25, 0.3) is 0 Å². The molecule has 2 heterocycles. The minimum atomic E-state index is -0.104. The largest absolute Gasteiger partial charge is 0.366 e. The molecular formula is C17H21FN2S. The maximum atomic E-state index is 14.2. The number of halogens is 1. The van der Waals surface area contributed by atoms with Gasteiger partial charge in [-0.25, -0.2) is 4.39 Å². The number of thiophene rings is 1. The Morgan fingerprint density at radius 1 is 1.33 bits per heavy atom. The number of nitrogens with zero attached hydrogens (tertiary/aromatic N) is 1. The lowest BCUT2D eigenvalue weighted by Crippen LogP contribution is -2.31. The second-order valence-electron chi connectivity index (χ2n) is 5.45. The molecule has 1 N–H and O–H groups in total. The minimum absolute atomic E-state index is 0.104. The third kappa shape index (κ3) is 3.11. The Hall–Kier alpha value is -1.39. The maximum absolute atomic E-state index is 14.2. The van der Waals surface area contributed by atoms with Crippen molar-refractivity contribution in [2.24, 2.45) is 0 Å². The molecule has 0 saturated carbocycles. The normalized spacial score (nSPS) is 14.3. The molecule has 0 bridgehead atoms. The SMILES string of the molecule is CCCNCc1c(F)cccc1N1CCc2sccc2C1. The van der Waals surface area contributed by atoms with Gasteiger partial charge >= 0.3 is 0 Å². The summed E-state index contributed by atoms with van der Waals surface area (Å²) in [6.07, 6.45) is 2.12. The lowest BCUT2D eigenvalue weighted by Gasteiger charge is -2.31. The van der Waals surface area contributed by atoms with Gasteiger partial charge in [-0.15, -0.1) is 11.3 Å². The first-order chi connectivity index (χ1) is 10.3. The molecule has 0 radical (unpaired) electrons. The summed E-state index contributed by atoms with van der Waals surface area (Å²) < 4.78 is 14.2. The fourth-order valence-electron chi connectivity index (χ4n) is 2.86. The topological polar surface area (TPSA) is 15.3 Å². The van der Waals surface area contributed by atoms with E-state index in [2.05, 4.69) is 28.6 Å². The fourth-order valence-corrected chi connectivity index (χ4v) is 3.75. The molecule has 0 aliphatic carbocycles. The van der Waals surface area contributed by atoms with Crippen LogP contribution in [0.1, 0.15) is 29.3 Å². The number of fused-ring (bicyclic) bond motifs is 1. The molecule has 21 heavy (non-hydrogen) atoms. The molecule has 1 aromatic carbocycles. The van der Waals surface area contributed by atoms with Gasteiger partial charge < -0.3 is 10.2 Å². The van der Waals surface area contributed by atoms with Crippen molar-refractivity contribution in [2.75, 3.05) is 18.0 Å². The molecule has 0 spiro atoms. The lowest BCUT2D eigenvalue weighted by molar-refractivity contribution is 0.583. The highest BCUT2D eigenvalue weighted by atomic mass is 32.1. The van der Waals surface area contributed by atoms with Gasteiger partial charge in [0, 0.05) is 35.8 Å². The van der Waals surface area contributed by atoms with E-state index >= 15 is 0 Å². The summed E-state index contributed by atoms with van der Waals surface area (Å²) in [5.74, 6) is -0.104. The summed E-state index contributed by atoms with van der Waals surface area (Å²) in [6.45, 7) is 5.50. The van der Waals surface area contributed by atoms with Crippen molar-refractivity contribution in [3.63, 3.8) is 0 Å². The molecule has 0 amide bonds. The number of nitrogens with one attached hydrogen (secondary N) is 1. The van der Waals surface area contributed by atoms with Crippen molar-refractivity contribution < 1.29 is 4.39 Å². The predicted octanol–water partition coefficient (Wildman–Crippen LogP) is 3.95. The summed E-state index contributed by atoms with van der Waals surface area (Å²) in [4.78, 5) is 3.79. The zero-order chi connectivity index (χ0) is 14.7. The van der Waals surface area contributed by atoms with Crippen molar-refractivity contribution in [1.82, 2.24) is 5.32 Å². The van der Waals surface area contributed by atoms with E-state index in [1.54, 1.807) is 6.07 Å². The highest BCUT2D eigenvalue weighted by Gasteiger charge is 2.20. The van der Waals surface area contributed by atoms with Crippen LogP contribution in [-0.2, 0) is 19.5 Å². The first-order valence-corrected chi connectivity index (χ1v) is 8.46. The Labute approximate surface area is 129 Å². The minimum Gasteiger partial charge on any atom is -0.366 e. The summed E-state index contributed by atoms with van der Waals surface area (Å²) in [5.41, 5.74) is 3.23. The monoisotopic (exact) mass is 304 g/mol. The number of hydrogen-bond donors (Lipinski definition) is 1. The van der Waals surface area contributed by atoms with Crippen LogP contribution in [0, 0.1) is 5.82 Å². The Morgan fingerprint density at radius 2 is 2.24 bits per heavy atom. The first-order valence-electron chi connectivity index (χ1n) is 7.58. The van der Waals surface area contributed by atoms with Crippen molar-refractivity contribution in [2.45, 2.75) is 32.9 Å². The lowest BCUT2D eigenvalue weighted by atomic mass is 10.1. The summed E-state index contributed by atoms with van der Waals surface area (Å²) >= 11 is 1.83. The molecule has 2 nitrogen and oxygen atoms in total. The summed E-state index contributed by atoms with van der Waals surface area (Å²) in [7, 11) is 0. The van der Waals surface area contributed by atoms with Crippen LogP contribution in [0.4, 0.5) is 10.1 Å². The van der Waals surface area contributed by atoms with Gasteiger partial charge in [-0.2, -0.15) is 0 Å². The molecule has 0 unspecified atom stereocenters. The number of rotatable bonds is 5. The van der Waals surface area contributed by atoms with Gasteiger partial charge in [0.1, 0.15) is 5.82 Å². The van der Waals surface area contributed by atoms with E-state index in [0.717, 1.165) is 43.7 Å². The van der Waals surface area contributed by atoms with Crippen molar-refractivity contribution in [1.29, 1.82) is 0 Å². The van der Waals surface area contributed by atoms with Crippen LogP contribution in [-0.4, -0.2) is 13.1 Å². The molecule has 1 aliphatic rings. The average molecular weight is 304 g/mol. The summed E-state index contributed by atoms with van der Waals surface area (Å²) in [6, 6.07) is 7.62. The van der Waals surface area contributed by atoms with Crippen LogP contribution < -0.4 is 10.2 Å². The standard InChI is InChI=1S/C17H21FN2S/c1-2-8-19-11-14-15(18)4-3-5-16(14)20-9-6-17-13(12-20)7-10-21-17/h3-5,7,10,19H,2,6,8-9,11-12H2,1H3. The van der Waals surface area contributed by atoms with Crippen molar-refractivity contribution in [3.05, 3.63) is 51.5 Å².